The molecule has 0 saturated heterocycles. The average molecular weight is 878 g/mol. The SMILES string of the molecule is C.CC1=CCc2ccc(C(C)C)cc21.CC1=CCc2ccc(C(C)C)cc21.CC1=CCc2ccc(C(C)C)cc21.CC1=CCc2ccc(C(C)C)cc21.Cc1ccc2ccc(C(C)C)cn12. The Hall–Kier alpha value is -5.40. The van der Waals surface area contributed by atoms with Gasteiger partial charge in [0.05, 0.1) is 0 Å². The third kappa shape index (κ3) is 12.5. The maximum absolute atomic E-state index is 2.35. The van der Waals surface area contributed by atoms with Gasteiger partial charge < -0.3 is 4.40 Å². The van der Waals surface area contributed by atoms with Crippen LogP contribution in [0.25, 0.3) is 27.8 Å². The van der Waals surface area contributed by atoms with E-state index in [1.165, 1.54) is 106 Å². The molecule has 0 N–H and O–H groups in total. The Bertz CT molecular complexity index is 2430. The van der Waals surface area contributed by atoms with Crippen LogP contribution in [0.1, 0.15) is 212 Å². The van der Waals surface area contributed by atoms with Gasteiger partial charge in [0.25, 0.3) is 0 Å². The lowest BCUT2D eigenvalue weighted by Gasteiger charge is -2.08. The molecule has 0 unspecified atom stereocenters. The summed E-state index contributed by atoms with van der Waals surface area (Å²) in [5.41, 5.74) is 27.4. The van der Waals surface area contributed by atoms with Gasteiger partial charge in [-0.2, -0.15) is 0 Å². The van der Waals surface area contributed by atoms with Crippen LogP contribution in [-0.2, 0) is 25.7 Å². The van der Waals surface area contributed by atoms with E-state index in [1.54, 1.807) is 0 Å². The Kier molecular flexibility index (Phi) is 17.9. The summed E-state index contributed by atoms with van der Waals surface area (Å²) >= 11 is 0. The third-order valence-electron chi connectivity index (χ3n) is 14.0. The highest BCUT2D eigenvalue weighted by Gasteiger charge is 2.15. The molecule has 10 rings (SSSR count). The van der Waals surface area contributed by atoms with Crippen molar-refractivity contribution < 1.29 is 0 Å². The van der Waals surface area contributed by atoms with Crippen LogP contribution in [0.3, 0.4) is 0 Å². The minimum Gasteiger partial charge on any atom is -0.321 e. The lowest BCUT2D eigenvalue weighted by atomic mass is 9.97. The quantitative estimate of drug-likeness (QED) is 0.163. The van der Waals surface area contributed by atoms with Crippen molar-refractivity contribution in [2.45, 2.75) is 167 Å². The largest absolute Gasteiger partial charge is 0.321 e. The molecule has 0 radical (unpaired) electrons. The predicted molar refractivity (Wildman–Crippen MR) is 294 cm³/mol. The highest BCUT2D eigenvalue weighted by molar-refractivity contribution is 5.74. The zero-order valence-electron chi connectivity index (χ0n) is 42.8. The molecule has 4 aliphatic carbocycles. The first-order valence-corrected chi connectivity index (χ1v) is 24.7. The molecule has 6 aromatic rings. The Labute approximate surface area is 402 Å². The number of hydrogen-bond acceptors (Lipinski definition) is 0. The molecule has 2 aromatic heterocycles. The number of benzene rings is 4. The number of rotatable bonds is 5. The summed E-state index contributed by atoms with van der Waals surface area (Å²) in [5, 5.41) is 0. The van der Waals surface area contributed by atoms with Crippen molar-refractivity contribution in [3.8, 4) is 0 Å². The predicted octanol–water partition coefficient (Wildman–Crippen LogP) is 19.1. The zero-order chi connectivity index (χ0) is 47.1. The summed E-state index contributed by atoms with van der Waals surface area (Å²) in [6.45, 7) is 33.4. The van der Waals surface area contributed by atoms with Gasteiger partial charge >= 0.3 is 0 Å². The van der Waals surface area contributed by atoms with E-state index in [-0.39, 0.29) is 7.43 Å². The molecule has 0 amide bonds. The molecule has 0 fully saturated rings. The van der Waals surface area contributed by atoms with Crippen molar-refractivity contribution in [2.75, 3.05) is 0 Å². The number of fused-ring (bicyclic) bond motifs is 5. The van der Waals surface area contributed by atoms with E-state index in [0.717, 1.165) is 25.7 Å². The molecule has 0 bridgehead atoms. The van der Waals surface area contributed by atoms with Crippen molar-refractivity contribution in [1.82, 2.24) is 4.40 Å². The molecule has 1 nitrogen and oxygen atoms in total. The summed E-state index contributed by atoms with van der Waals surface area (Å²) in [6, 6.07) is 36.2. The summed E-state index contributed by atoms with van der Waals surface area (Å²) in [4.78, 5) is 0. The maximum atomic E-state index is 2.35. The first-order chi connectivity index (χ1) is 30.9. The molecule has 0 spiro atoms. The molecular formula is C65H83N. The number of allylic oxidation sites excluding steroid dienone is 8. The van der Waals surface area contributed by atoms with Gasteiger partial charge in [0.15, 0.2) is 0 Å². The van der Waals surface area contributed by atoms with Gasteiger partial charge in [0.1, 0.15) is 0 Å². The average Bonchev–Trinajstić information content (AvgIpc) is 4.13. The van der Waals surface area contributed by atoms with Crippen LogP contribution < -0.4 is 0 Å². The second kappa shape index (κ2) is 22.9. The standard InChI is InChI=1S/4C13H16.C12H15N.CH4/c4*1-9(2)12-7-6-11-5-4-10(3)13(11)8-12;1-9(2)11-5-7-12-6-4-10(3)13(12)8-11;/h4*4,6-9H,5H2,1-3H3;4-9H,1-3H3;1H4. The lowest BCUT2D eigenvalue weighted by molar-refractivity contribution is 0.851. The molecule has 0 atom stereocenters. The van der Waals surface area contributed by atoms with Crippen LogP contribution in [0.2, 0.25) is 0 Å². The smallest absolute Gasteiger partial charge is 0.0452 e. The maximum Gasteiger partial charge on any atom is 0.0452 e. The topological polar surface area (TPSA) is 4.41 Å². The van der Waals surface area contributed by atoms with Crippen LogP contribution in [0, 0.1) is 6.92 Å². The van der Waals surface area contributed by atoms with Crippen molar-refractivity contribution in [2.24, 2.45) is 0 Å². The number of aryl methyl sites for hydroxylation is 1. The summed E-state index contributed by atoms with van der Waals surface area (Å²) in [5.74, 6) is 3.15. The Morgan fingerprint density at radius 1 is 0.333 bits per heavy atom. The van der Waals surface area contributed by atoms with E-state index in [0.29, 0.717) is 29.6 Å². The summed E-state index contributed by atoms with van der Waals surface area (Å²) in [7, 11) is 0. The van der Waals surface area contributed by atoms with E-state index in [9.17, 15) is 0 Å². The summed E-state index contributed by atoms with van der Waals surface area (Å²) < 4.78 is 2.25. The molecular weight excluding hydrogens is 795 g/mol. The van der Waals surface area contributed by atoms with Gasteiger partial charge in [-0.25, -0.2) is 0 Å². The van der Waals surface area contributed by atoms with Gasteiger partial charge in [-0.05, 0) is 203 Å². The molecule has 66 heavy (non-hydrogen) atoms. The Morgan fingerprint density at radius 3 is 0.864 bits per heavy atom. The molecule has 1 heteroatoms. The van der Waals surface area contributed by atoms with Crippen molar-refractivity contribution in [1.29, 1.82) is 0 Å². The first-order valence-electron chi connectivity index (χ1n) is 24.7. The first kappa shape index (κ1) is 51.6. The molecule has 2 heterocycles. The second-order valence-electron chi connectivity index (χ2n) is 20.5. The van der Waals surface area contributed by atoms with Crippen molar-refractivity contribution >= 4 is 27.8 Å². The van der Waals surface area contributed by atoms with Gasteiger partial charge in [-0.1, -0.05) is 180 Å². The monoisotopic (exact) mass is 878 g/mol. The van der Waals surface area contributed by atoms with Gasteiger partial charge in [-0.3, -0.25) is 0 Å². The molecule has 0 saturated carbocycles. The molecule has 4 aliphatic rings. The fraction of sp³-hybridized carbons (Fsp3) is 0.385. The minimum absolute atomic E-state index is 0. The van der Waals surface area contributed by atoms with Crippen LogP contribution in [0.4, 0.5) is 0 Å². The number of aromatic nitrogens is 1. The van der Waals surface area contributed by atoms with E-state index in [1.807, 2.05) is 0 Å². The normalized spacial score (nSPS) is 13.8. The highest BCUT2D eigenvalue weighted by atomic mass is 14.9. The molecule has 0 aliphatic heterocycles. The highest BCUT2D eigenvalue weighted by Crippen LogP contribution is 2.33. The fourth-order valence-corrected chi connectivity index (χ4v) is 9.08. The van der Waals surface area contributed by atoms with Gasteiger partial charge in [0.2, 0.25) is 0 Å². The van der Waals surface area contributed by atoms with E-state index in [2.05, 4.69) is 236 Å². The van der Waals surface area contributed by atoms with Crippen LogP contribution in [0.5, 0.6) is 0 Å². The van der Waals surface area contributed by atoms with Crippen molar-refractivity contribution in [3.63, 3.8) is 0 Å². The summed E-state index contributed by atoms with van der Waals surface area (Å²) in [6.07, 6.45) is 16.0. The van der Waals surface area contributed by atoms with Gasteiger partial charge in [0, 0.05) is 17.4 Å². The lowest BCUT2D eigenvalue weighted by Crippen LogP contribution is -1.92. The van der Waals surface area contributed by atoms with Gasteiger partial charge in [-0.15, -0.1) is 0 Å². The zero-order valence-corrected chi connectivity index (χ0v) is 42.8. The van der Waals surface area contributed by atoms with Crippen LogP contribution in [-0.4, -0.2) is 4.40 Å². The molecule has 348 valence electrons. The number of pyridine rings is 1. The third-order valence-corrected chi connectivity index (χ3v) is 14.0. The molecule has 4 aromatic carbocycles. The number of nitrogens with zero attached hydrogens (tertiary/aromatic N) is 1. The fourth-order valence-electron chi connectivity index (χ4n) is 9.08. The minimum atomic E-state index is 0. The van der Waals surface area contributed by atoms with Crippen LogP contribution in [0.15, 0.2) is 128 Å². The second-order valence-corrected chi connectivity index (χ2v) is 20.5. The van der Waals surface area contributed by atoms with E-state index < -0.39 is 0 Å². The van der Waals surface area contributed by atoms with Crippen LogP contribution >= 0.6 is 0 Å². The van der Waals surface area contributed by atoms with E-state index in [4.69, 9.17) is 0 Å². The Morgan fingerprint density at radius 2 is 0.591 bits per heavy atom. The van der Waals surface area contributed by atoms with E-state index >= 15 is 0 Å². The Balaban J connectivity index is 0.000000154. The number of hydrogen-bond donors (Lipinski definition) is 0. The van der Waals surface area contributed by atoms with Crippen molar-refractivity contribution in [3.05, 3.63) is 206 Å².